The van der Waals surface area contributed by atoms with Crippen LogP contribution in [0.3, 0.4) is 0 Å². The Morgan fingerprint density at radius 2 is 2.00 bits per heavy atom. The van der Waals surface area contributed by atoms with Crippen molar-refractivity contribution in [2.45, 2.75) is 70.9 Å². The number of hydrogen-bond donors (Lipinski definition) is 1. The molecule has 1 unspecified atom stereocenters. The van der Waals surface area contributed by atoms with E-state index in [0.717, 1.165) is 49.1 Å². The molecule has 0 bridgehead atoms. The summed E-state index contributed by atoms with van der Waals surface area (Å²) in [7, 11) is 0. The van der Waals surface area contributed by atoms with Crippen LogP contribution in [0.5, 0.6) is 0 Å². The first kappa shape index (κ1) is 18.9. The maximum Gasteiger partial charge on any atom is 0.267 e. The zero-order valence-electron chi connectivity index (χ0n) is 17.1. The van der Waals surface area contributed by atoms with E-state index in [9.17, 15) is 4.79 Å². The monoisotopic (exact) mass is 382 g/mol. The molecule has 28 heavy (non-hydrogen) atoms. The Kier molecular flexibility index (Phi) is 5.33. The minimum Gasteiger partial charge on any atom is -0.368 e. The number of aromatic nitrogens is 4. The Balaban J connectivity index is 1.50. The van der Waals surface area contributed by atoms with E-state index >= 15 is 0 Å². The molecule has 7 heteroatoms. The molecule has 0 aromatic carbocycles. The lowest BCUT2D eigenvalue weighted by Gasteiger charge is -2.37. The molecule has 0 radical (unpaired) electrons. The summed E-state index contributed by atoms with van der Waals surface area (Å²) in [6.45, 7) is 7.78. The lowest BCUT2D eigenvalue weighted by atomic mass is 10.0. The third-order valence-electron chi connectivity index (χ3n) is 5.55. The van der Waals surface area contributed by atoms with Gasteiger partial charge in [0, 0.05) is 42.9 Å². The molecule has 2 fully saturated rings. The fourth-order valence-corrected chi connectivity index (χ4v) is 3.88. The fourth-order valence-electron chi connectivity index (χ4n) is 3.88. The van der Waals surface area contributed by atoms with Crippen molar-refractivity contribution in [1.82, 2.24) is 19.7 Å². The van der Waals surface area contributed by atoms with Gasteiger partial charge in [-0.3, -0.25) is 4.79 Å². The Hall–Kier alpha value is -2.44. The molecule has 1 N–H and O–H groups in total. The van der Waals surface area contributed by atoms with Gasteiger partial charge in [0.25, 0.3) is 5.56 Å². The maximum atomic E-state index is 12.1. The lowest BCUT2D eigenvalue weighted by Crippen LogP contribution is -2.45. The largest absolute Gasteiger partial charge is 0.368 e. The van der Waals surface area contributed by atoms with Crippen LogP contribution in [0.2, 0.25) is 0 Å². The van der Waals surface area contributed by atoms with Gasteiger partial charge in [-0.1, -0.05) is 0 Å². The average Bonchev–Trinajstić information content (AvgIpc) is 3.52. The molecule has 2 aromatic rings. The quantitative estimate of drug-likeness (QED) is 0.826. The van der Waals surface area contributed by atoms with Crippen LogP contribution in [0, 0.1) is 6.92 Å². The van der Waals surface area contributed by atoms with Crippen molar-refractivity contribution in [2.75, 3.05) is 23.3 Å². The fraction of sp³-hybridized carbons (Fsp3) is 0.619. The van der Waals surface area contributed by atoms with E-state index in [1.54, 1.807) is 10.7 Å². The van der Waals surface area contributed by atoms with Gasteiger partial charge in [0.15, 0.2) is 0 Å². The molecule has 2 aliphatic rings. The van der Waals surface area contributed by atoms with Gasteiger partial charge in [0.2, 0.25) is 0 Å². The Bertz CT molecular complexity index is 889. The molecular formula is C21H30N6O. The van der Waals surface area contributed by atoms with Gasteiger partial charge in [0.1, 0.15) is 17.5 Å². The third kappa shape index (κ3) is 4.18. The van der Waals surface area contributed by atoms with Crippen LogP contribution in [0.25, 0.3) is 0 Å². The van der Waals surface area contributed by atoms with Gasteiger partial charge >= 0.3 is 0 Å². The van der Waals surface area contributed by atoms with Gasteiger partial charge in [-0.15, -0.1) is 0 Å². The van der Waals surface area contributed by atoms with Crippen molar-refractivity contribution < 1.29 is 0 Å². The van der Waals surface area contributed by atoms with Gasteiger partial charge in [-0.25, -0.2) is 14.6 Å². The Morgan fingerprint density at radius 3 is 2.75 bits per heavy atom. The number of anilines is 2. The molecule has 0 spiro atoms. The van der Waals surface area contributed by atoms with Crippen molar-refractivity contribution in [3.05, 3.63) is 40.1 Å². The predicted molar refractivity (Wildman–Crippen MR) is 111 cm³/mol. The van der Waals surface area contributed by atoms with Crippen molar-refractivity contribution in [3.63, 3.8) is 0 Å². The molecule has 150 valence electrons. The summed E-state index contributed by atoms with van der Waals surface area (Å²) in [5.41, 5.74) is 0.972. The number of nitrogens with zero attached hydrogens (tertiary/aromatic N) is 5. The van der Waals surface area contributed by atoms with E-state index in [1.165, 1.54) is 19.3 Å². The van der Waals surface area contributed by atoms with E-state index in [1.807, 2.05) is 32.9 Å². The molecule has 4 rings (SSSR count). The van der Waals surface area contributed by atoms with Crippen LogP contribution in [-0.2, 0) is 0 Å². The standard InChI is InChI=1S/C21H30N6O/c1-14(2)27-20(28)10-9-19(25-27)26-11-5-4-6-17(26)13-22-18-12-15(3)23-21(24-18)16-7-8-16/h9-10,12,14,16-17H,4-8,11,13H2,1-3H3,(H,22,23,24). The lowest BCUT2D eigenvalue weighted by molar-refractivity contribution is 0.451. The van der Waals surface area contributed by atoms with Crippen LogP contribution < -0.4 is 15.8 Å². The van der Waals surface area contributed by atoms with Crippen molar-refractivity contribution in [3.8, 4) is 0 Å². The number of aryl methyl sites for hydroxylation is 1. The summed E-state index contributed by atoms with van der Waals surface area (Å²) in [6, 6.07) is 5.91. The van der Waals surface area contributed by atoms with E-state index < -0.39 is 0 Å². The molecule has 3 heterocycles. The number of hydrogen-bond acceptors (Lipinski definition) is 6. The first-order valence-electron chi connectivity index (χ1n) is 10.5. The Labute approximate surface area is 166 Å². The highest BCUT2D eigenvalue weighted by Crippen LogP contribution is 2.38. The highest BCUT2D eigenvalue weighted by Gasteiger charge is 2.28. The first-order valence-corrected chi connectivity index (χ1v) is 10.5. The minimum atomic E-state index is -0.0468. The number of rotatable bonds is 6. The van der Waals surface area contributed by atoms with Crippen molar-refractivity contribution in [2.24, 2.45) is 0 Å². The summed E-state index contributed by atoms with van der Waals surface area (Å²) in [6.07, 6.45) is 5.88. The maximum absolute atomic E-state index is 12.1. The second-order valence-corrected chi connectivity index (χ2v) is 8.32. The van der Waals surface area contributed by atoms with Crippen LogP contribution >= 0.6 is 0 Å². The molecule has 7 nitrogen and oxygen atoms in total. The highest BCUT2D eigenvalue weighted by atomic mass is 16.1. The van der Waals surface area contributed by atoms with E-state index in [2.05, 4.69) is 20.3 Å². The third-order valence-corrected chi connectivity index (χ3v) is 5.55. The zero-order valence-corrected chi connectivity index (χ0v) is 17.1. The van der Waals surface area contributed by atoms with Crippen LogP contribution in [0.1, 0.15) is 69.4 Å². The van der Waals surface area contributed by atoms with Crippen molar-refractivity contribution >= 4 is 11.6 Å². The van der Waals surface area contributed by atoms with Crippen LogP contribution in [0.15, 0.2) is 23.0 Å². The molecule has 2 aromatic heterocycles. The number of piperidine rings is 1. The summed E-state index contributed by atoms with van der Waals surface area (Å²) in [4.78, 5) is 23.7. The normalized spacial score (nSPS) is 19.9. The van der Waals surface area contributed by atoms with Gasteiger partial charge < -0.3 is 10.2 Å². The van der Waals surface area contributed by atoms with Gasteiger partial charge in [0.05, 0.1) is 6.04 Å². The first-order chi connectivity index (χ1) is 13.5. The van der Waals surface area contributed by atoms with E-state index in [0.29, 0.717) is 12.0 Å². The predicted octanol–water partition coefficient (Wildman–Crippen LogP) is 3.27. The molecule has 0 amide bonds. The van der Waals surface area contributed by atoms with E-state index in [4.69, 9.17) is 4.98 Å². The number of nitrogens with one attached hydrogen (secondary N) is 1. The molecular weight excluding hydrogens is 352 g/mol. The van der Waals surface area contributed by atoms with E-state index in [-0.39, 0.29) is 11.6 Å². The molecule has 1 saturated heterocycles. The zero-order chi connectivity index (χ0) is 19.7. The van der Waals surface area contributed by atoms with Gasteiger partial charge in [-0.2, -0.15) is 5.10 Å². The Morgan fingerprint density at radius 1 is 1.18 bits per heavy atom. The summed E-state index contributed by atoms with van der Waals surface area (Å²) in [5.74, 6) is 3.33. The SMILES string of the molecule is Cc1cc(NCC2CCCCN2c2ccc(=O)n(C(C)C)n2)nc(C2CC2)n1. The van der Waals surface area contributed by atoms with Crippen LogP contribution in [0.4, 0.5) is 11.6 Å². The molecule has 1 atom stereocenters. The highest BCUT2D eigenvalue weighted by molar-refractivity contribution is 5.42. The summed E-state index contributed by atoms with van der Waals surface area (Å²) in [5, 5.41) is 8.17. The summed E-state index contributed by atoms with van der Waals surface area (Å²) < 4.78 is 1.57. The summed E-state index contributed by atoms with van der Waals surface area (Å²) >= 11 is 0. The molecule has 1 aliphatic heterocycles. The van der Waals surface area contributed by atoms with Crippen molar-refractivity contribution in [1.29, 1.82) is 0 Å². The van der Waals surface area contributed by atoms with Gasteiger partial charge in [-0.05, 0) is 58.9 Å². The molecule has 1 saturated carbocycles. The minimum absolute atomic E-state index is 0.0468. The molecule has 1 aliphatic carbocycles. The topological polar surface area (TPSA) is 75.9 Å². The second-order valence-electron chi connectivity index (χ2n) is 8.32. The smallest absolute Gasteiger partial charge is 0.267 e. The average molecular weight is 383 g/mol. The van der Waals surface area contributed by atoms with Crippen LogP contribution in [-0.4, -0.2) is 38.9 Å². The second kappa shape index (κ2) is 7.89.